The van der Waals surface area contributed by atoms with Crippen molar-refractivity contribution in [1.82, 2.24) is 4.90 Å². The Bertz CT molecular complexity index is 815. The summed E-state index contributed by atoms with van der Waals surface area (Å²) in [5, 5.41) is 4.92. The molecule has 1 aliphatic carbocycles. The summed E-state index contributed by atoms with van der Waals surface area (Å²) < 4.78 is 6.03. The SMILES string of the molecule is O=C(Nc1cccc(OC2CCCC2)c1)[C@@H]1CCCN(C(=O)c2cccs2)C1. The van der Waals surface area contributed by atoms with Gasteiger partial charge in [0.2, 0.25) is 5.91 Å². The van der Waals surface area contributed by atoms with Crippen molar-refractivity contribution in [2.45, 2.75) is 44.6 Å². The Morgan fingerprint density at radius 2 is 1.93 bits per heavy atom. The van der Waals surface area contributed by atoms with Gasteiger partial charge in [-0.3, -0.25) is 9.59 Å². The minimum absolute atomic E-state index is 0.0262. The van der Waals surface area contributed by atoms with Crippen molar-refractivity contribution in [3.63, 3.8) is 0 Å². The third-order valence-electron chi connectivity index (χ3n) is 5.52. The highest BCUT2D eigenvalue weighted by Crippen LogP contribution is 2.27. The van der Waals surface area contributed by atoms with Crippen molar-refractivity contribution in [3.8, 4) is 5.75 Å². The van der Waals surface area contributed by atoms with E-state index in [9.17, 15) is 9.59 Å². The maximum atomic E-state index is 12.8. The van der Waals surface area contributed by atoms with Crippen LogP contribution in [0, 0.1) is 5.92 Å². The van der Waals surface area contributed by atoms with Gasteiger partial charge < -0.3 is 15.0 Å². The minimum Gasteiger partial charge on any atom is -0.490 e. The lowest BCUT2D eigenvalue weighted by Gasteiger charge is -2.31. The topological polar surface area (TPSA) is 58.6 Å². The van der Waals surface area contributed by atoms with Crippen LogP contribution in [0.4, 0.5) is 5.69 Å². The molecule has 0 spiro atoms. The lowest BCUT2D eigenvalue weighted by atomic mass is 9.97. The summed E-state index contributed by atoms with van der Waals surface area (Å²) in [5.41, 5.74) is 0.752. The van der Waals surface area contributed by atoms with Crippen LogP contribution in [0.3, 0.4) is 0 Å². The molecule has 6 heteroatoms. The molecule has 1 N–H and O–H groups in total. The molecule has 148 valence electrons. The van der Waals surface area contributed by atoms with E-state index in [1.165, 1.54) is 24.2 Å². The lowest BCUT2D eigenvalue weighted by Crippen LogP contribution is -2.43. The molecule has 4 rings (SSSR count). The summed E-state index contributed by atoms with van der Waals surface area (Å²) in [7, 11) is 0. The molecule has 1 saturated heterocycles. The standard InChI is InChI=1S/C22H26N2O3S/c25-21(16-6-4-12-24(15-16)22(26)20-11-5-13-28-20)23-17-7-3-10-19(14-17)27-18-8-1-2-9-18/h3,5,7,10-11,13-14,16,18H,1-2,4,6,8-9,12,15H2,(H,23,25)/t16-/m1/s1. The van der Waals surface area contributed by atoms with Gasteiger partial charge in [-0.25, -0.2) is 0 Å². The van der Waals surface area contributed by atoms with E-state index < -0.39 is 0 Å². The zero-order valence-electron chi connectivity index (χ0n) is 15.9. The van der Waals surface area contributed by atoms with Crippen molar-refractivity contribution in [2.24, 2.45) is 5.92 Å². The highest BCUT2D eigenvalue weighted by Gasteiger charge is 2.29. The fraction of sp³-hybridized carbons (Fsp3) is 0.455. The number of benzene rings is 1. The molecule has 1 aromatic heterocycles. The second-order valence-electron chi connectivity index (χ2n) is 7.61. The van der Waals surface area contributed by atoms with Crippen LogP contribution in [-0.2, 0) is 4.79 Å². The van der Waals surface area contributed by atoms with Crippen LogP contribution < -0.4 is 10.1 Å². The maximum absolute atomic E-state index is 12.8. The van der Waals surface area contributed by atoms with E-state index in [4.69, 9.17) is 4.74 Å². The van der Waals surface area contributed by atoms with Crippen molar-refractivity contribution in [1.29, 1.82) is 0 Å². The molecule has 1 atom stereocenters. The molecule has 0 radical (unpaired) electrons. The second kappa shape index (κ2) is 8.78. The number of likely N-dealkylation sites (tertiary alicyclic amines) is 1. The van der Waals surface area contributed by atoms with Crippen molar-refractivity contribution < 1.29 is 14.3 Å². The molecule has 2 aromatic rings. The summed E-state index contributed by atoms with van der Waals surface area (Å²) >= 11 is 1.45. The zero-order valence-corrected chi connectivity index (χ0v) is 16.7. The van der Waals surface area contributed by atoms with Gasteiger partial charge in [0.05, 0.1) is 16.9 Å². The first-order chi connectivity index (χ1) is 13.7. The van der Waals surface area contributed by atoms with E-state index in [0.717, 1.165) is 42.0 Å². The lowest BCUT2D eigenvalue weighted by molar-refractivity contribution is -0.121. The van der Waals surface area contributed by atoms with Crippen LogP contribution in [0.25, 0.3) is 0 Å². The Hall–Kier alpha value is -2.34. The number of rotatable bonds is 5. The van der Waals surface area contributed by atoms with Crippen LogP contribution in [0.2, 0.25) is 0 Å². The number of hydrogen-bond donors (Lipinski definition) is 1. The Morgan fingerprint density at radius 3 is 2.71 bits per heavy atom. The average molecular weight is 399 g/mol. The van der Waals surface area contributed by atoms with Gasteiger partial charge in [-0.15, -0.1) is 11.3 Å². The fourth-order valence-corrected chi connectivity index (χ4v) is 4.71. The maximum Gasteiger partial charge on any atom is 0.263 e. The number of carbonyl (C=O) groups is 2. The van der Waals surface area contributed by atoms with Gasteiger partial charge in [0.1, 0.15) is 5.75 Å². The fourth-order valence-electron chi connectivity index (χ4n) is 4.02. The predicted octanol–water partition coefficient (Wildman–Crippen LogP) is 4.56. The Morgan fingerprint density at radius 1 is 1.07 bits per heavy atom. The molecule has 0 bridgehead atoms. The van der Waals surface area contributed by atoms with Crippen molar-refractivity contribution in [3.05, 3.63) is 46.7 Å². The Kier molecular flexibility index (Phi) is 5.95. The molecule has 2 fully saturated rings. The van der Waals surface area contributed by atoms with E-state index in [1.54, 1.807) is 4.90 Å². The van der Waals surface area contributed by atoms with Crippen molar-refractivity contribution in [2.75, 3.05) is 18.4 Å². The molecule has 2 heterocycles. The Labute approximate surface area is 169 Å². The van der Waals surface area contributed by atoms with Crippen LogP contribution in [0.1, 0.15) is 48.2 Å². The zero-order chi connectivity index (χ0) is 19.3. The molecule has 1 aliphatic heterocycles. The summed E-state index contributed by atoms with van der Waals surface area (Å²) in [5.74, 6) is 0.626. The monoisotopic (exact) mass is 398 g/mol. The quantitative estimate of drug-likeness (QED) is 0.803. The van der Waals surface area contributed by atoms with E-state index >= 15 is 0 Å². The normalized spacial score (nSPS) is 20.1. The number of nitrogens with zero attached hydrogens (tertiary/aromatic N) is 1. The molecule has 5 nitrogen and oxygen atoms in total. The largest absolute Gasteiger partial charge is 0.490 e. The molecular formula is C22H26N2O3S. The van der Waals surface area contributed by atoms with Gasteiger partial charge >= 0.3 is 0 Å². The number of amides is 2. The number of piperidine rings is 1. The summed E-state index contributed by atoms with van der Waals surface area (Å²) in [6.07, 6.45) is 6.60. The van der Waals surface area contributed by atoms with E-state index in [2.05, 4.69) is 5.32 Å². The third-order valence-corrected chi connectivity index (χ3v) is 6.38. The first kappa shape index (κ1) is 19.0. The summed E-state index contributed by atoms with van der Waals surface area (Å²) in [6.45, 7) is 1.19. The van der Waals surface area contributed by atoms with Crippen molar-refractivity contribution >= 4 is 28.8 Å². The van der Waals surface area contributed by atoms with E-state index in [1.807, 2.05) is 41.8 Å². The van der Waals surface area contributed by atoms with Crippen LogP contribution >= 0.6 is 11.3 Å². The number of anilines is 1. The van der Waals surface area contributed by atoms with Gasteiger partial charge in [-0.2, -0.15) is 0 Å². The van der Waals surface area contributed by atoms with Crippen LogP contribution in [-0.4, -0.2) is 35.9 Å². The first-order valence-electron chi connectivity index (χ1n) is 10.1. The molecule has 1 saturated carbocycles. The van der Waals surface area contributed by atoms with Gasteiger partial charge in [-0.1, -0.05) is 12.1 Å². The van der Waals surface area contributed by atoms with Gasteiger partial charge in [0, 0.05) is 24.8 Å². The number of hydrogen-bond acceptors (Lipinski definition) is 4. The average Bonchev–Trinajstić information content (AvgIpc) is 3.42. The van der Waals surface area contributed by atoms with Crippen LogP contribution in [0.5, 0.6) is 5.75 Å². The predicted molar refractivity (Wildman–Crippen MR) is 111 cm³/mol. The molecule has 2 amide bonds. The highest BCUT2D eigenvalue weighted by atomic mass is 32.1. The van der Waals surface area contributed by atoms with E-state index in [-0.39, 0.29) is 17.7 Å². The molecule has 2 aliphatic rings. The smallest absolute Gasteiger partial charge is 0.263 e. The third kappa shape index (κ3) is 4.55. The number of nitrogens with one attached hydrogen (secondary N) is 1. The highest BCUT2D eigenvalue weighted by molar-refractivity contribution is 7.12. The molecule has 1 aromatic carbocycles. The second-order valence-corrected chi connectivity index (χ2v) is 8.56. The van der Waals surface area contributed by atoms with Crippen LogP contribution in [0.15, 0.2) is 41.8 Å². The van der Waals surface area contributed by atoms with E-state index in [0.29, 0.717) is 19.2 Å². The Balaban J connectivity index is 1.36. The number of carbonyl (C=O) groups excluding carboxylic acids is 2. The summed E-state index contributed by atoms with van der Waals surface area (Å²) in [6, 6.07) is 11.4. The first-order valence-corrected chi connectivity index (χ1v) is 11.0. The number of ether oxygens (including phenoxy) is 1. The molecular weight excluding hydrogens is 372 g/mol. The summed E-state index contributed by atoms with van der Waals surface area (Å²) in [4.78, 5) is 27.9. The van der Waals surface area contributed by atoms with Gasteiger partial charge in [0.25, 0.3) is 5.91 Å². The minimum atomic E-state index is -0.183. The number of thiophene rings is 1. The molecule has 0 unspecified atom stereocenters. The van der Waals surface area contributed by atoms with Gasteiger partial charge in [0.15, 0.2) is 0 Å². The molecule has 28 heavy (non-hydrogen) atoms. The van der Waals surface area contributed by atoms with Gasteiger partial charge in [-0.05, 0) is 62.1 Å².